The van der Waals surface area contributed by atoms with Crippen molar-refractivity contribution in [2.24, 2.45) is 12.0 Å². The van der Waals surface area contributed by atoms with Crippen molar-refractivity contribution in [2.75, 3.05) is 23.9 Å². The Labute approximate surface area is 263 Å². The van der Waals surface area contributed by atoms with Crippen molar-refractivity contribution in [1.82, 2.24) is 5.32 Å². The summed E-state index contributed by atoms with van der Waals surface area (Å²) in [6.45, 7) is 5.85. The number of allylic oxidation sites excluding steroid dienone is 7. The molecule has 1 atom stereocenters. The third kappa shape index (κ3) is 12.9. The lowest BCUT2D eigenvalue weighted by Crippen LogP contribution is -2.44. The van der Waals surface area contributed by atoms with E-state index in [1.165, 1.54) is 0 Å². The van der Waals surface area contributed by atoms with Crippen LogP contribution in [-0.2, 0) is 16.6 Å². The van der Waals surface area contributed by atoms with Gasteiger partial charge < -0.3 is 10.6 Å². The molecule has 6 nitrogen and oxygen atoms in total. The summed E-state index contributed by atoms with van der Waals surface area (Å²) in [5, 5.41) is 6.10. The normalized spacial score (nSPS) is 17.0. The average molecular weight is 614 g/mol. The van der Waals surface area contributed by atoms with Gasteiger partial charge in [0.2, 0.25) is 11.8 Å². The predicted molar refractivity (Wildman–Crippen MR) is 186 cm³/mol. The molecule has 1 aromatic heterocycles. The maximum atomic E-state index is 12.5. The molecule has 0 radical (unpaired) electrons. The van der Waals surface area contributed by atoms with Gasteiger partial charge in [-0.1, -0.05) is 88.9 Å². The van der Waals surface area contributed by atoms with Crippen molar-refractivity contribution in [1.29, 1.82) is 0 Å². The maximum Gasteiger partial charge on any atom is 0.225 e. The number of rotatable bonds is 15. The van der Waals surface area contributed by atoms with Crippen molar-refractivity contribution in [3.63, 3.8) is 0 Å². The Morgan fingerprint density at radius 3 is 2.26 bits per heavy atom. The molecule has 0 bridgehead atoms. The van der Waals surface area contributed by atoms with E-state index >= 15 is 0 Å². The van der Waals surface area contributed by atoms with E-state index in [1.54, 1.807) is 40.9 Å². The number of anilines is 1. The van der Waals surface area contributed by atoms with Crippen LogP contribution in [-0.4, -0.2) is 42.1 Å². The molecule has 2 aromatic rings. The van der Waals surface area contributed by atoms with E-state index < -0.39 is 5.54 Å². The van der Waals surface area contributed by atoms with Crippen LogP contribution in [0.3, 0.4) is 0 Å². The number of aliphatic imine (C=N–C) groups is 1. The summed E-state index contributed by atoms with van der Waals surface area (Å²) in [6.07, 6.45) is 25.4. The highest BCUT2D eigenvalue weighted by molar-refractivity contribution is 8.76. The first-order valence-corrected chi connectivity index (χ1v) is 16.7. The quantitative estimate of drug-likeness (QED) is 0.0753. The number of amides is 2. The van der Waals surface area contributed by atoms with Crippen LogP contribution in [0.25, 0.3) is 12.2 Å². The van der Waals surface area contributed by atoms with E-state index in [-0.39, 0.29) is 11.8 Å². The maximum absolute atomic E-state index is 12.5. The molecule has 2 N–H and O–H groups in total. The number of benzene rings is 1. The monoisotopic (exact) mass is 613 g/mol. The molecule has 2 amide bonds. The van der Waals surface area contributed by atoms with E-state index in [1.807, 2.05) is 85.6 Å². The van der Waals surface area contributed by atoms with Gasteiger partial charge in [0.1, 0.15) is 7.05 Å². The Balaban J connectivity index is 1.29. The summed E-state index contributed by atoms with van der Waals surface area (Å²) < 4.78 is 2.00. The van der Waals surface area contributed by atoms with Gasteiger partial charge >= 0.3 is 0 Å². The van der Waals surface area contributed by atoms with E-state index in [9.17, 15) is 9.59 Å². The van der Waals surface area contributed by atoms with Crippen molar-refractivity contribution in [2.45, 2.75) is 31.7 Å². The van der Waals surface area contributed by atoms with Crippen LogP contribution in [0.1, 0.15) is 37.3 Å². The van der Waals surface area contributed by atoms with Gasteiger partial charge in [0.05, 0.1) is 5.54 Å². The summed E-state index contributed by atoms with van der Waals surface area (Å²) >= 11 is 0. The van der Waals surface area contributed by atoms with E-state index in [0.29, 0.717) is 24.3 Å². The number of aromatic nitrogens is 1. The zero-order valence-corrected chi connectivity index (χ0v) is 26.8. The lowest BCUT2D eigenvalue weighted by molar-refractivity contribution is -0.671. The number of carbonyl (C=O) groups is 2. The Kier molecular flexibility index (Phi) is 14.0. The third-order valence-electron chi connectivity index (χ3n) is 6.53. The molecule has 224 valence electrons. The lowest BCUT2D eigenvalue weighted by atomic mass is 9.90. The fourth-order valence-corrected chi connectivity index (χ4v) is 5.97. The fraction of sp³-hybridized carbons (Fsp3) is 0.257. The summed E-state index contributed by atoms with van der Waals surface area (Å²) in [4.78, 5) is 28.9. The zero-order chi connectivity index (χ0) is 30.9. The number of aryl methyl sites for hydroxylation is 1. The van der Waals surface area contributed by atoms with Crippen LogP contribution < -0.4 is 15.2 Å². The van der Waals surface area contributed by atoms with E-state index in [2.05, 4.69) is 52.6 Å². The number of nitrogens with one attached hydrogen (secondary N) is 2. The molecule has 0 fully saturated rings. The first kappa shape index (κ1) is 33.6. The summed E-state index contributed by atoms with van der Waals surface area (Å²) in [5.41, 5.74) is 4.65. The molecule has 0 saturated carbocycles. The lowest BCUT2D eigenvalue weighted by Gasteiger charge is -2.29. The standard InChI is InChI=1S/C35H40N4O2S2/c1-5-28(16-23-36-3)6-7-30-14-21-35(2,22-15-30)38-34(41)20-27-43-42-26-19-33(40)37-32-12-10-29(11-13-32)8-9-31-17-24-39(4)25-18-31/h5-18,21,23-25H,1,19-20,22,26-27H2,2-4H3,(H,38,41)/p+1/b7-6+,28-16+,36-23?. The molecule has 43 heavy (non-hydrogen) atoms. The molecule has 8 heteroatoms. The molecular weight excluding hydrogens is 573 g/mol. The van der Waals surface area contributed by atoms with Crippen LogP contribution >= 0.6 is 21.6 Å². The van der Waals surface area contributed by atoms with Gasteiger partial charge in [-0.05, 0) is 53.8 Å². The molecule has 1 heterocycles. The van der Waals surface area contributed by atoms with Crippen LogP contribution in [0.2, 0.25) is 0 Å². The van der Waals surface area contributed by atoms with Crippen molar-refractivity contribution in [3.05, 3.63) is 120 Å². The average Bonchev–Trinajstić information content (AvgIpc) is 3.00. The van der Waals surface area contributed by atoms with Gasteiger partial charge in [-0.2, -0.15) is 0 Å². The zero-order valence-electron chi connectivity index (χ0n) is 25.2. The minimum Gasteiger partial charge on any atom is -0.347 e. The summed E-state index contributed by atoms with van der Waals surface area (Å²) in [5.74, 6) is 1.38. The molecule has 1 aliphatic carbocycles. The number of hydrogen-bond acceptors (Lipinski definition) is 5. The van der Waals surface area contributed by atoms with Crippen LogP contribution in [0.5, 0.6) is 0 Å². The topological polar surface area (TPSA) is 74.4 Å². The SMILES string of the molecule is C=CC(/C=C/C1=CCC(C)(NC(=O)CCSSCCC(=O)Nc2ccc(/C=C/c3cc[n+](C)cc3)cc2)C=C1)=C\C=NC. The van der Waals surface area contributed by atoms with Crippen molar-refractivity contribution >= 4 is 57.5 Å². The van der Waals surface area contributed by atoms with Crippen molar-refractivity contribution in [3.8, 4) is 0 Å². The van der Waals surface area contributed by atoms with Crippen LogP contribution in [0.4, 0.5) is 5.69 Å². The highest BCUT2D eigenvalue weighted by Crippen LogP contribution is 2.25. The molecule has 0 spiro atoms. The minimum atomic E-state index is -0.398. The predicted octanol–water partition coefficient (Wildman–Crippen LogP) is 6.91. The van der Waals surface area contributed by atoms with Crippen LogP contribution in [0.15, 0.2) is 114 Å². The first-order valence-electron chi connectivity index (χ1n) is 14.2. The van der Waals surface area contributed by atoms with Crippen LogP contribution in [0, 0.1) is 0 Å². The molecular formula is C35H41N4O2S2+. The van der Waals surface area contributed by atoms with Crippen molar-refractivity contribution < 1.29 is 14.2 Å². The fourth-order valence-electron chi connectivity index (χ4n) is 3.99. The van der Waals surface area contributed by atoms with Gasteiger partial charge in [0, 0.05) is 55.4 Å². The third-order valence-corrected chi connectivity index (χ3v) is 8.93. The largest absolute Gasteiger partial charge is 0.347 e. The number of pyridine rings is 1. The Bertz CT molecular complexity index is 1420. The second kappa shape index (κ2) is 17.9. The Hall–Kier alpha value is -3.88. The molecule has 0 aliphatic heterocycles. The molecule has 1 unspecified atom stereocenters. The molecule has 0 saturated heterocycles. The van der Waals surface area contributed by atoms with E-state index in [0.717, 1.165) is 34.4 Å². The second-order valence-corrected chi connectivity index (χ2v) is 13.0. The first-order chi connectivity index (χ1) is 20.8. The summed E-state index contributed by atoms with van der Waals surface area (Å²) in [7, 11) is 6.96. The number of hydrogen-bond donors (Lipinski definition) is 2. The highest BCUT2D eigenvalue weighted by atomic mass is 33.1. The minimum absolute atomic E-state index is 0.0166. The van der Waals surface area contributed by atoms with Gasteiger partial charge in [-0.25, -0.2) is 4.57 Å². The molecule has 1 aromatic carbocycles. The van der Waals surface area contributed by atoms with E-state index in [4.69, 9.17) is 0 Å². The number of nitrogens with zero attached hydrogens (tertiary/aromatic N) is 2. The Morgan fingerprint density at radius 2 is 1.65 bits per heavy atom. The van der Waals surface area contributed by atoms with Gasteiger partial charge in [0.15, 0.2) is 12.4 Å². The van der Waals surface area contributed by atoms with Gasteiger partial charge in [-0.15, -0.1) is 0 Å². The smallest absolute Gasteiger partial charge is 0.225 e. The second-order valence-electron chi connectivity index (χ2n) is 10.3. The number of carbonyl (C=O) groups excluding carboxylic acids is 2. The highest BCUT2D eigenvalue weighted by Gasteiger charge is 2.24. The summed E-state index contributed by atoms with van der Waals surface area (Å²) in [6, 6.07) is 11.9. The Morgan fingerprint density at radius 1 is 1.00 bits per heavy atom. The molecule has 3 rings (SSSR count). The van der Waals surface area contributed by atoms with Gasteiger partial charge in [-0.3, -0.25) is 14.6 Å². The molecule has 1 aliphatic rings. The van der Waals surface area contributed by atoms with Gasteiger partial charge in [0.25, 0.3) is 0 Å².